The molecule has 3 aromatic rings. The highest BCUT2D eigenvalue weighted by Crippen LogP contribution is 2.24. The van der Waals surface area contributed by atoms with Gasteiger partial charge in [0.1, 0.15) is 6.54 Å². The van der Waals surface area contributed by atoms with Crippen LogP contribution < -0.4 is 5.32 Å². The fourth-order valence-corrected chi connectivity index (χ4v) is 3.15. The van der Waals surface area contributed by atoms with Gasteiger partial charge in [-0.25, -0.2) is 0 Å². The predicted octanol–water partition coefficient (Wildman–Crippen LogP) is 4.09. The third-order valence-corrected chi connectivity index (χ3v) is 4.49. The number of aldehydes is 1. The van der Waals surface area contributed by atoms with Crippen LogP contribution in [0.1, 0.15) is 28.9 Å². The quantitative estimate of drug-likeness (QED) is 0.673. The number of hydrogen-bond donors (Lipinski definition) is 1. The van der Waals surface area contributed by atoms with Crippen LogP contribution in [0.2, 0.25) is 0 Å². The molecule has 1 N–H and O–H groups in total. The number of nitrogens with zero attached hydrogens (tertiary/aromatic N) is 1. The maximum atomic E-state index is 12.4. The highest BCUT2D eigenvalue weighted by atomic mass is 79.9. The lowest BCUT2D eigenvalue weighted by molar-refractivity contribution is -0.122. The minimum Gasteiger partial charge on any atom is -0.348 e. The first kappa shape index (κ1) is 16.5. The molecule has 0 bridgehead atoms. The number of carbonyl (C=O) groups is 2. The maximum absolute atomic E-state index is 12.4. The monoisotopic (exact) mass is 384 g/mol. The lowest BCUT2D eigenvalue weighted by atomic mass is 10.1. The molecule has 0 fully saturated rings. The van der Waals surface area contributed by atoms with Gasteiger partial charge in [-0.05, 0) is 30.7 Å². The van der Waals surface area contributed by atoms with E-state index in [2.05, 4.69) is 21.2 Å². The van der Waals surface area contributed by atoms with Gasteiger partial charge in [0, 0.05) is 27.1 Å². The molecule has 0 saturated carbocycles. The Morgan fingerprint density at radius 1 is 1.25 bits per heavy atom. The fourth-order valence-electron chi connectivity index (χ4n) is 2.79. The van der Waals surface area contributed by atoms with E-state index in [1.54, 1.807) is 10.8 Å². The van der Waals surface area contributed by atoms with E-state index in [0.29, 0.717) is 5.56 Å². The summed E-state index contributed by atoms with van der Waals surface area (Å²) in [5.41, 5.74) is 2.50. The largest absolute Gasteiger partial charge is 0.348 e. The summed E-state index contributed by atoms with van der Waals surface area (Å²) in [6.07, 6.45) is 2.53. The number of benzene rings is 2. The van der Waals surface area contributed by atoms with Crippen LogP contribution in [0.15, 0.2) is 59.2 Å². The Morgan fingerprint density at radius 3 is 2.71 bits per heavy atom. The van der Waals surface area contributed by atoms with Gasteiger partial charge in [-0.1, -0.05) is 46.3 Å². The van der Waals surface area contributed by atoms with Crippen LogP contribution in [0.25, 0.3) is 10.9 Å². The van der Waals surface area contributed by atoms with Crippen molar-refractivity contribution in [3.05, 3.63) is 70.3 Å². The van der Waals surface area contributed by atoms with Crippen LogP contribution in [0.5, 0.6) is 0 Å². The first-order chi connectivity index (χ1) is 11.6. The van der Waals surface area contributed by atoms with Gasteiger partial charge < -0.3 is 9.88 Å². The topological polar surface area (TPSA) is 51.1 Å². The first-order valence-electron chi connectivity index (χ1n) is 7.66. The summed E-state index contributed by atoms with van der Waals surface area (Å²) < 4.78 is 2.71. The van der Waals surface area contributed by atoms with E-state index in [4.69, 9.17) is 0 Å². The van der Waals surface area contributed by atoms with Gasteiger partial charge >= 0.3 is 0 Å². The molecule has 0 aliphatic heterocycles. The molecule has 0 spiro atoms. The zero-order chi connectivity index (χ0) is 17.1. The van der Waals surface area contributed by atoms with Gasteiger partial charge in [0.05, 0.1) is 6.04 Å². The van der Waals surface area contributed by atoms with Crippen LogP contribution in [0.4, 0.5) is 0 Å². The van der Waals surface area contributed by atoms with Crippen molar-refractivity contribution in [3.63, 3.8) is 0 Å². The Hall–Kier alpha value is -2.40. The summed E-state index contributed by atoms with van der Waals surface area (Å²) in [4.78, 5) is 23.6. The van der Waals surface area contributed by atoms with Crippen molar-refractivity contribution >= 4 is 39.0 Å². The smallest absolute Gasteiger partial charge is 0.240 e. The fraction of sp³-hybridized carbons (Fsp3) is 0.158. The number of rotatable bonds is 5. The van der Waals surface area contributed by atoms with Crippen molar-refractivity contribution in [2.45, 2.75) is 19.5 Å². The number of fused-ring (bicyclic) bond motifs is 1. The van der Waals surface area contributed by atoms with Crippen molar-refractivity contribution in [3.8, 4) is 0 Å². The van der Waals surface area contributed by atoms with E-state index < -0.39 is 0 Å². The standard InChI is InChI=1S/C19H17BrN2O2/c1-13(14-5-3-2-4-6-14)21-19(24)11-22-10-15(12-23)17-9-16(20)7-8-18(17)22/h2-10,12-13H,11H2,1H3,(H,21,24)/t13-/m0/s1. The summed E-state index contributed by atoms with van der Waals surface area (Å²) in [5, 5.41) is 3.83. The first-order valence-corrected chi connectivity index (χ1v) is 8.45. The second kappa shape index (κ2) is 7.01. The van der Waals surface area contributed by atoms with Gasteiger partial charge in [-0.2, -0.15) is 0 Å². The van der Waals surface area contributed by atoms with Crippen molar-refractivity contribution in [2.75, 3.05) is 0 Å². The SMILES string of the molecule is C[C@H](NC(=O)Cn1cc(C=O)c2cc(Br)ccc21)c1ccccc1. The average Bonchev–Trinajstić information content (AvgIpc) is 2.92. The zero-order valence-electron chi connectivity index (χ0n) is 13.2. The predicted molar refractivity (Wildman–Crippen MR) is 98.0 cm³/mol. The van der Waals surface area contributed by atoms with E-state index in [1.165, 1.54) is 0 Å². The van der Waals surface area contributed by atoms with Gasteiger partial charge in [-0.3, -0.25) is 9.59 Å². The van der Waals surface area contributed by atoms with E-state index in [9.17, 15) is 9.59 Å². The summed E-state index contributed by atoms with van der Waals surface area (Å²) in [5.74, 6) is -0.0939. The Kier molecular flexibility index (Phi) is 4.81. The molecule has 1 aromatic heterocycles. The molecule has 0 radical (unpaired) electrons. The summed E-state index contributed by atoms with van der Waals surface area (Å²) in [6, 6.07) is 15.4. The molecule has 0 unspecified atom stereocenters. The Bertz CT molecular complexity index is 887. The van der Waals surface area contributed by atoms with Crippen molar-refractivity contribution < 1.29 is 9.59 Å². The summed E-state index contributed by atoms with van der Waals surface area (Å²) >= 11 is 3.41. The molecule has 122 valence electrons. The van der Waals surface area contributed by atoms with Crippen LogP contribution in [0, 0.1) is 0 Å². The molecular formula is C19H17BrN2O2. The van der Waals surface area contributed by atoms with E-state index in [-0.39, 0.29) is 18.5 Å². The van der Waals surface area contributed by atoms with Crippen molar-refractivity contribution in [2.24, 2.45) is 0 Å². The van der Waals surface area contributed by atoms with Gasteiger partial charge in [-0.15, -0.1) is 0 Å². The summed E-state index contributed by atoms with van der Waals surface area (Å²) in [6.45, 7) is 2.12. The normalized spacial score (nSPS) is 12.1. The zero-order valence-corrected chi connectivity index (χ0v) is 14.8. The van der Waals surface area contributed by atoms with Crippen molar-refractivity contribution in [1.29, 1.82) is 0 Å². The second-order valence-electron chi connectivity index (χ2n) is 5.69. The molecule has 1 heterocycles. The average molecular weight is 385 g/mol. The van der Waals surface area contributed by atoms with Crippen LogP contribution >= 0.6 is 15.9 Å². The molecular weight excluding hydrogens is 368 g/mol. The number of aromatic nitrogens is 1. The van der Waals surface area contributed by atoms with E-state index in [0.717, 1.165) is 27.2 Å². The van der Waals surface area contributed by atoms with Crippen LogP contribution in [0.3, 0.4) is 0 Å². The summed E-state index contributed by atoms with van der Waals surface area (Å²) in [7, 11) is 0. The molecule has 3 rings (SSSR count). The van der Waals surface area contributed by atoms with Gasteiger partial charge in [0.2, 0.25) is 5.91 Å². The molecule has 4 nitrogen and oxygen atoms in total. The minimum atomic E-state index is -0.0939. The number of amides is 1. The molecule has 1 amide bonds. The molecule has 24 heavy (non-hydrogen) atoms. The third-order valence-electron chi connectivity index (χ3n) is 3.99. The Labute approximate surface area is 148 Å². The van der Waals surface area contributed by atoms with E-state index >= 15 is 0 Å². The Balaban J connectivity index is 1.80. The maximum Gasteiger partial charge on any atom is 0.240 e. The lowest BCUT2D eigenvalue weighted by Gasteiger charge is -2.15. The molecule has 0 saturated heterocycles. The van der Waals surface area contributed by atoms with Crippen molar-refractivity contribution in [1.82, 2.24) is 9.88 Å². The highest BCUT2D eigenvalue weighted by Gasteiger charge is 2.13. The molecule has 1 atom stereocenters. The van der Waals surface area contributed by atoms with E-state index in [1.807, 2.05) is 55.5 Å². The Morgan fingerprint density at radius 2 is 2.00 bits per heavy atom. The van der Waals surface area contributed by atoms with Gasteiger partial charge in [0.15, 0.2) is 6.29 Å². The number of carbonyl (C=O) groups excluding carboxylic acids is 2. The number of hydrogen-bond acceptors (Lipinski definition) is 2. The molecule has 5 heteroatoms. The highest BCUT2D eigenvalue weighted by molar-refractivity contribution is 9.10. The molecule has 0 aliphatic carbocycles. The number of nitrogens with one attached hydrogen (secondary N) is 1. The lowest BCUT2D eigenvalue weighted by Crippen LogP contribution is -2.29. The van der Waals surface area contributed by atoms with Crippen LogP contribution in [-0.2, 0) is 11.3 Å². The van der Waals surface area contributed by atoms with Crippen LogP contribution in [-0.4, -0.2) is 16.8 Å². The molecule has 2 aromatic carbocycles. The number of halogens is 1. The minimum absolute atomic E-state index is 0.0692. The molecule has 0 aliphatic rings. The second-order valence-corrected chi connectivity index (χ2v) is 6.61. The third kappa shape index (κ3) is 3.41. The van der Waals surface area contributed by atoms with Gasteiger partial charge in [0.25, 0.3) is 0 Å².